The number of aromatic hydroxyl groups is 1. The molecule has 6 rings (SSSR count). The van der Waals surface area contributed by atoms with E-state index in [9.17, 15) is 5.11 Å². The van der Waals surface area contributed by atoms with Crippen LogP contribution in [0.25, 0.3) is 50.5 Å². The van der Waals surface area contributed by atoms with Gasteiger partial charge in [-0.3, -0.25) is 9.55 Å². The summed E-state index contributed by atoms with van der Waals surface area (Å²) in [5.74, 6) is 0.917. The van der Waals surface area contributed by atoms with Gasteiger partial charge in [0, 0.05) is 23.0 Å². The van der Waals surface area contributed by atoms with Gasteiger partial charge in [0.1, 0.15) is 11.6 Å². The van der Waals surface area contributed by atoms with E-state index in [-0.39, 0.29) is 22.0 Å². The fraction of sp³-hybridized carbons (Fsp3) is 0.302. The summed E-state index contributed by atoms with van der Waals surface area (Å²) in [6, 6.07) is 31.8. The Labute approximate surface area is 280 Å². The molecular weight excluding hydrogens is 574 g/mol. The summed E-state index contributed by atoms with van der Waals surface area (Å²) in [6.45, 7) is 22.4. The first kappa shape index (κ1) is 32.2. The zero-order valence-electron chi connectivity index (χ0n) is 29.5. The molecule has 4 heteroatoms. The fourth-order valence-corrected chi connectivity index (χ4v) is 6.10. The molecule has 0 amide bonds. The van der Waals surface area contributed by atoms with Crippen LogP contribution in [0.2, 0.25) is 0 Å². The number of hydrogen-bond acceptors (Lipinski definition) is 3. The summed E-state index contributed by atoms with van der Waals surface area (Å²) < 4.78 is 2.23. The largest absolute Gasteiger partial charge is 0.507 e. The van der Waals surface area contributed by atoms with E-state index in [1.165, 1.54) is 22.3 Å². The molecule has 0 radical (unpaired) electrons. The lowest BCUT2D eigenvalue weighted by Crippen LogP contribution is -2.17. The molecule has 2 heterocycles. The van der Waals surface area contributed by atoms with Crippen LogP contribution in [0.3, 0.4) is 0 Å². The van der Waals surface area contributed by atoms with E-state index in [2.05, 4.69) is 134 Å². The van der Waals surface area contributed by atoms with E-state index in [4.69, 9.17) is 9.97 Å². The molecule has 2 aromatic heterocycles. The van der Waals surface area contributed by atoms with Gasteiger partial charge in [0.25, 0.3) is 0 Å². The predicted molar refractivity (Wildman–Crippen MR) is 198 cm³/mol. The lowest BCUT2D eigenvalue weighted by molar-refractivity contribution is 0.477. The molecule has 0 unspecified atom stereocenters. The maximum Gasteiger partial charge on any atom is 0.149 e. The van der Waals surface area contributed by atoms with Crippen LogP contribution in [-0.4, -0.2) is 19.6 Å². The van der Waals surface area contributed by atoms with Crippen molar-refractivity contribution in [1.82, 2.24) is 14.5 Å². The van der Waals surface area contributed by atoms with Gasteiger partial charge in [0.15, 0.2) is 0 Å². The number of aryl methyl sites for hydroxylation is 1. The number of phenols is 1. The molecule has 0 fully saturated rings. The molecule has 0 aliphatic carbocycles. The van der Waals surface area contributed by atoms with Crippen molar-refractivity contribution >= 4 is 11.0 Å². The lowest BCUT2D eigenvalue weighted by atomic mass is 9.80. The minimum absolute atomic E-state index is 0.0553. The Morgan fingerprint density at radius 3 is 1.81 bits per heavy atom. The Balaban J connectivity index is 1.70. The summed E-state index contributed by atoms with van der Waals surface area (Å²) in [5, 5.41) is 11.2. The van der Waals surface area contributed by atoms with E-state index in [0.717, 1.165) is 39.1 Å². The van der Waals surface area contributed by atoms with Crippen molar-refractivity contribution in [1.29, 1.82) is 0 Å². The molecule has 0 aliphatic rings. The Hall–Kier alpha value is -4.70. The molecule has 1 N–H and O–H groups in total. The van der Waals surface area contributed by atoms with Gasteiger partial charge in [0.05, 0.1) is 22.3 Å². The standard InChI is InChI=1S/C43H47N3O/c1-27-18-19-44-36(20-27)29-21-28(22-30(23-29)41(2,3)4)34-15-13-16-37-39(34)45-40(35-14-11-12-17-38(35)47)46(37)33-25-31(42(5,6)7)24-32(26-33)43(8,9)10/h11-26,47H,1-10H3. The van der Waals surface area contributed by atoms with Gasteiger partial charge in [-0.2, -0.15) is 0 Å². The lowest BCUT2D eigenvalue weighted by Gasteiger charge is -2.27. The number of phenolic OH excluding ortho intramolecular Hbond substituents is 1. The van der Waals surface area contributed by atoms with E-state index < -0.39 is 0 Å². The van der Waals surface area contributed by atoms with Gasteiger partial charge >= 0.3 is 0 Å². The summed E-state index contributed by atoms with van der Waals surface area (Å²) >= 11 is 0. The number of nitrogens with zero attached hydrogens (tertiary/aromatic N) is 3. The second-order valence-corrected chi connectivity index (χ2v) is 16.0. The molecule has 4 nitrogen and oxygen atoms in total. The second-order valence-electron chi connectivity index (χ2n) is 16.0. The van der Waals surface area contributed by atoms with E-state index in [1.54, 1.807) is 6.07 Å². The van der Waals surface area contributed by atoms with Gasteiger partial charge in [-0.1, -0.05) is 98.7 Å². The average Bonchev–Trinajstić information content (AvgIpc) is 3.39. The molecule has 240 valence electrons. The summed E-state index contributed by atoms with van der Waals surface area (Å²) in [5.41, 5.74) is 12.5. The topological polar surface area (TPSA) is 50.9 Å². The van der Waals surface area contributed by atoms with Gasteiger partial charge in [0.2, 0.25) is 0 Å². The molecular formula is C43H47N3O. The molecule has 0 spiro atoms. The Morgan fingerprint density at radius 1 is 0.596 bits per heavy atom. The number of para-hydroxylation sites is 2. The first-order valence-electron chi connectivity index (χ1n) is 16.6. The highest BCUT2D eigenvalue weighted by Gasteiger charge is 2.25. The third-order valence-corrected chi connectivity index (χ3v) is 9.06. The van der Waals surface area contributed by atoms with E-state index in [0.29, 0.717) is 11.4 Å². The van der Waals surface area contributed by atoms with Gasteiger partial charge in [-0.05, 0) is 106 Å². The highest BCUT2D eigenvalue weighted by atomic mass is 16.3. The third-order valence-electron chi connectivity index (χ3n) is 9.06. The van der Waals surface area contributed by atoms with Crippen molar-refractivity contribution < 1.29 is 5.11 Å². The average molecular weight is 622 g/mol. The van der Waals surface area contributed by atoms with E-state index in [1.807, 2.05) is 30.5 Å². The molecule has 0 bridgehead atoms. The first-order valence-corrected chi connectivity index (χ1v) is 16.6. The first-order chi connectivity index (χ1) is 22.0. The molecule has 0 saturated heterocycles. The molecule has 4 aromatic carbocycles. The highest BCUT2D eigenvalue weighted by Crippen LogP contribution is 2.41. The Kier molecular flexibility index (Phi) is 7.91. The number of rotatable bonds is 4. The van der Waals surface area contributed by atoms with Crippen molar-refractivity contribution in [3.05, 3.63) is 119 Å². The number of hydrogen-bond donors (Lipinski definition) is 1. The summed E-state index contributed by atoms with van der Waals surface area (Å²) in [6.07, 6.45) is 1.88. The monoisotopic (exact) mass is 621 g/mol. The quantitative estimate of drug-likeness (QED) is 0.213. The van der Waals surface area contributed by atoms with Crippen molar-refractivity contribution in [3.63, 3.8) is 0 Å². The van der Waals surface area contributed by atoms with Gasteiger partial charge in [-0.15, -0.1) is 0 Å². The maximum atomic E-state index is 11.2. The van der Waals surface area contributed by atoms with Gasteiger partial charge < -0.3 is 5.11 Å². The number of aromatic nitrogens is 3. The zero-order valence-corrected chi connectivity index (χ0v) is 29.5. The minimum Gasteiger partial charge on any atom is -0.507 e. The molecule has 0 saturated carbocycles. The van der Waals surface area contributed by atoms with Crippen LogP contribution in [0.5, 0.6) is 5.75 Å². The van der Waals surface area contributed by atoms with Crippen molar-refractivity contribution in [2.75, 3.05) is 0 Å². The molecule has 0 aliphatic heterocycles. The number of fused-ring (bicyclic) bond motifs is 1. The van der Waals surface area contributed by atoms with Crippen LogP contribution >= 0.6 is 0 Å². The smallest absolute Gasteiger partial charge is 0.149 e. The van der Waals surface area contributed by atoms with Crippen molar-refractivity contribution in [3.8, 4) is 45.2 Å². The van der Waals surface area contributed by atoms with E-state index >= 15 is 0 Å². The highest BCUT2D eigenvalue weighted by molar-refractivity contribution is 5.96. The van der Waals surface area contributed by atoms with Crippen LogP contribution < -0.4 is 0 Å². The predicted octanol–water partition coefficient (Wildman–Crippen LogP) is 11.3. The third kappa shape index (κ3) is 6.34. The van der Waals surface area contributed by atoms with Crippen LogP contribution in [0.15, 0.2) is 97.2 Å². The second kappa shape index (κ2) is 11.5. The fourth-order valence-electron chi connectivity index (χ4n) is 6.10. The van der Waals surface area contributed by atoms with Crippen LogP contribution in [-0.2, 0) is 16.2 Å². The van der Waals surface area contributed by atoms with Gasteiger partial charge in [-0.25, -0.2) is 4.98 Å². The minimum atomic E-state index is -0.0699. The molecule has 0 atom stereocenters. The zero-order chi connectivity index (χ0) is 33.9. The number of benzene rings is 4. The van der Waals surface area contributed by atoms with Crippen molar-refractivity contribution in [2.45, 2.75) is 85.5 Å². The summed E-state index contributed by atoms with van der Waals surface area (Å²) in [7, 11) is 0. The molecule has 47 heavy (non-hydrogen) atoms. The summed E-state index contributed by atoms with van der Waals surface area (Å²) in [4.78, 5) is 10.1. The Bertz CT molecular complexity index is 2080. The number of pyridine rings is 1. The molecule has 6 aromatic rings. The van der Waals surface area contributed by atoms with Crippen LogP contribution in [0, 0.1) is 6.92 Å². The Morgan fingerprint density at radius 2 is 1.19 bits per heavy atom. The maximum absolute atomic E-state index is 11.2. The van der Waals surface area contributed by atoms with Crippen LogP contribution in [0.1, 0.15) is 84.6 Å². The van der Waals surface area contributed by atoms with Crippen LogP contribution in [0.4, 0.5) is 0 Å². The number of imidazole rings is 1. The normalized spacial score (nSPS) is 12.6. The SMILES string of the molecule is Cc1ccnc(-c2cc(-c3cccc4c3nc(-c3ccccc3O)n4-c3cc(C(C)(C)C)cc(C(C)(C)C)c3)cc(C(C)(C)C)c2)c1. The van der Waals surface area contributed by atoms with Crippen molar-refractivity contribution in [2.24, 2.45) is 0 Å².